The molecule has 2 fully saturated rings. The van der Waals surface area contributed by atoms with E-state index in [1.54, 1.807) is 5.01 Å². The number of anilines is 1. The summed E-state index contributed by atoms with van der Waals surface area (Å²) in [4.78, 5) is 15.9. The minimum atomic E-state index is -0.0790. The van der Waals surface area contributed by atoms with Gasteiger partial charge in [0.2, 0.25) is 0 Å². The lowest BCUT2D eigenvalue weighted by atomic mass is 10.1. The van der Waals surface area contributed by atoms with Crippen molar-refractivity contribution in [2.24, 2.45) is 0 Å². The van der Waals surface area contributed by atoms with E-state index in [9.17, 15) is 4.79 Å². The van der Waals surface area contributed by atoms with Gasteiger partial charge in [-0.15, -0.1) is 0 Å². The van der Waals surface area contributed by atoms with Gasteiger partial charge in [0.15, 0.2) is 4.32 Å². The smallest absolute Gasteiger partial charge is 0.285 e. The number of hydrogen-bond acceptors (Lipinski definition) is 5. The second-order valence-electron chi connectivity index (χ2n) is 6.61. The molecule has 5 nitrogen and oxygen atoms in total. The molecule has 3 heterocycles. The van der Waals surface area contributed by atoms with Crippen LogP contribution in [0.1, 0.15) is 17.0 Å². The van der Waals surface area contributed by atoms with Crippen molar-refractivity contribution < 1.29 is 9.53 Å². The van der Waals surface area contributed by atoms with Crippen LogP contribution in [0.4, 0.5) is 5.69 Å². The SMILES string of the molecule is Cc1ccc(C)n1N1C(=O)/C(=C\c2ccc(N3CCOCC3)cc2)SC1=S. The predicted molar refractivity (Wildman–Crippen MR) is 115 cm³/mol. The van der Waals surface area contributed by atoms with Crippen molar-refractivity contribution in [3.63, 3.8) is 0 Å². The topological polar surface area (TPSA) is 37.7 Å². The Bertz CT molecular complexity index is 892. The summed E-state index contributed by atoms with van der Waals surface area (Å²) in [5, 5.41) is 1.58. The van der Waals surface area contributed by atoms with E-state index >= 15 is 0 Å². The van der Waals surface area contributed by atoms with Crippen LogP contribution in [0.5, 0.6) is 0 Å². The van der Waals surface area contributed by atoms with Crippen molar-refractivity contribution in [3.8, 4) is 0 Å². The van der Waals surface area contributed by atoms with E-state index in [-0.39, 0.29) is 5.91 Å². The minimum absolute atomic E-state index is 0.0790. The van der Waals surface area contributed by atoms with Gasteiger partial charge in [-0.25, -0.2) is 0 Å². The van der Waals surface area contributed by atoms with Gasteiger partial charge in [0.1, 0.15) is 0 Å². The summed E-state index contributed by atoms with van der Waals surface area (Å²) in [6.45, 7) is 7.30. The highest BCUT2D eigenvalue weighted by atomic mass is 32.2. The molecule has 1 aromatic carbocycles. The van der Waals surface area contributed by atoms with E-state index in [0.717, 1.165) is 43.3 Å². The summed E-state index contributed by atoms with van der Waals surface area (Å²) in [6.07, 6.45) is 1.91. The fraction of sp³-hybridized carbons (Fsp3) is 0.300. The van der Waals surface area contributed by atoms with Crippen LogP contribution < -0.4 is 9.91 Å². The number of carbonyl (C=O) groups excluding carboxylic acids is 1. The molecule has 0 radical (unpaired) electrons. The quantitative estimate of drug-likeness (QED) is 0.584. The molecular weight excluding hydrogens is 378 g/mol. The minimum Gasteiger partial charge on any atom is -0.378 e. The maximum absolute atomic E-state index is 12.9. The highest BCUT2D eigenvalue weighted by Crippen LogP contribution is 2.33. The monoisotopic (exact) mass is 399 g/mol. The first-order chi connectivity index (χ1) is 13.0. The van der Waals surface area contributed by atoms with Crippen molar-refractivity contribution in [3.05, 3.63) is 58.3 Å². The van der Waals surface area contributed by atoms with E-state index in [0.29, 0.717) is 9.23 Å². The number of thiocarbonyl (C=S) groups is 1. The van der Waals surface area contributed by atoms with E-state index < -0.39 is 0 Å². The molecule has 2 aliphatic rings. The molecule has 2 aliphatic heterocycles. The standard InChI is InChI=1S/C20H21N3O2S2/c1-14-3-4-15(2)22(14)23-19(24)18(27-20(23)26)13-16-5-7-17(8-6-16)21-9-11-25-12-10-21/h3-8,13H,9-12H2,1-2H3/b18-13+. The molecule has 0 spiro atoms. The van der Waals surface area contributed by atoms with Crippen molar-refractivity contribution in [2.75, 3.05) is 36.2 Å². The number of nitrogens with zero attached hydrogens (tertiary/aromatic N) is 3. The number of ether oxygens (including phenoxy) is 1. The molecular formula is C20H21N3O2S2. The molecule has 0 N–H and O–H groups in total. The number of amides is 1. The summed E-state index contributed by atoms with van der Waals surface area (Å²) in [5.74, 6) is -0.0790. The van der Waals surface area contributed by atoms with Crippen LogP contribution in [0.15, 0.2) is 41.3 Å². The molecule has 1 aromatic heterocycles. The van der Waals surface area contributed by atoms with Crippen LogP contribution >= 0.6 is 24.0 Å². The Morgan fingerprint density at radius 2 is 1.67 bits per heavy atom. The Balaban J connectivity index is 1.56. The van der Waals surface area contributed by atoms with Gasteiger partial charge in [-0.05, 0) is 62.0 Å². The highest BCUT2D eigenvalue weighted by molar-refractivity contribution is 8.27. The molecule has 140 valence electrons. The lowest BCUT2D eigenvalue weighted by Gasteiger charge is -2.28. The fourth-order valence-corrected chi connectivity index (χ4v) is 4.60. The Morgan fingerprint density at radius 1 is 1.04 bits per heavy atom. The Labute approximate surface area is 168 Å². The first kappa shape index (κ1) is 18.3. The largest absolute Gasteiger partial charge is 0.378 e. The van der Waals surface area contributed by atoms with E-state index in [1.165, 1.54) is 17.4 Å². The Kier molecular flexibility index (Phi) is 5.08. The number of carbonyl (C=O) groups is 1. The van der Waals surface area contributed by atoms with Crippen molar-refractivity contribution in [1.82, 2.24) is 4.68 Å². The molecule has 0 saturated carbocycles. The van der Waals surface area contributed by atoms with Crippen LogP contribution in [-0.2, 0) is 9.53 Å². The molecule has 0 aliphatic carbocycles. The zero-order valence-electron chi connectivity index (χ0n) is 15.3. The van der Waals surface area contributed by atoms with Gasteiger partial charge in [0.05, 0.1) is 18.1 Å². The number of aromatic nitrogens is 1. The summed E-state index contributed by atoms with van der Waals surface area (Å²) in [6, 6.07) is 12.3. The molecule has 27 heavy (non-hydrogen) atoms. The van der Waals surface area contributed by atoms with Crippen molar-refractivity contribution in [2.45, 2.75) is 13.8 Å². The lowest BCUT2D eigenvalue weighted by Crippen LogP contribution is -2.39. The second-order valence-corrected chi connectivity index (χ2v) is 8.29. The number of thioether (sulfide) groups is 1. The summed E-state index contributed by atoms with van der Waals surface area (Å²) in [7, 11) is 0. The maximum Gasteiger partial charge on any atom is 0.285 e. The normalized spacial score (nSPS) is 19.4. The van der Waals surface area contributed by atoms with Crippen molar-refractivity contribution in [1.29, 1.82) is 0 Å². The first-order valence-electron chi connectivity index (χ1n) is 8.90. The summed E-state index contributed by atoms with van der Waals surface area (Å²) < 4.78 is 7.83. The third-order valence-electron chi connectivity index (χ3n) is 4.77. The lowest BCUT2D eigenvalue weighted by molar-refractivity contribution is -0.114. The number of aryl methyl sites for hydroxylation is 2. The molecule has 4 rings (SSSR count). The molecule has 7 heteroatoms. The molecule has 2 aromatic rings. The average Bonchev–Trinajstić information content (AvgIpc) is 3.14. The second kappa shape index (κ2) is 7.50. The molecule has 0 atom stereocenters. The number of hydrogen-bond donors (Lipinski definition) is 0. The van der Waals surface area contributed by atoms with Gasteiger partial charge < -0.3 is 9.64 Å². The maximum atomic E-state index is 12.9. The van der Waals surface area contributed by atoms with Gasteiger partial charge in [-0.2, -0.15) is 5.01 Å². The van der Waals surface area contributed by atoms with Crippen LogP contribution in [0, 0.1) is 13.8 Å². The molecule has 1 amide bonds. The van der Waals surface area contributed by atoms with Gasteiger partial charge in [-0.1, -0.05) is 23.9 Å². The number of benzene rings is 1. The van der Waals surface area contributed by atoms with Gasteiger partial charge in [0.25, 0.3) is 5.91 Å². The fourth-order valence-electron chi connectivity index (χ4n) is 3.36. The van der Waals surface area contributed by atoms with Crippen LogP contribution in [0.3, 0.4) is 0 Å². The predicted octanol–water partition coefficient (Wildman–Crippen LogP) is 3.48. The summed E-state index contributed by atoms with van der Waals surface area (Å²) >= 11 is 6.82. The van der Waals surface area contributed by atoms with E-state index in [1.807, 2.05) is 48.9 Å². The third kappa shape index (κ3) is 3.54. The van der Waals surface area contributed by atoms with Crippen molar-refractivity contribution >= 4 is 46.0 Å². The van der Waals surface area contributed by atoms with Crippen LogP contribution in [-0.4, -0.2) is 41.2 Å². The average molecular weight is 400 g/mol. The Morgan fingerprint density at radius 3 is 2.30 bits per heavy atom. The highest BCUT2D eigenvalue weighted by Gasteiger charge is 2.34. The van der Waals surface area contributed by atoms with Gasteiger partial charge >= 0.3 is 0 Å². The zero-order chi connectivity index (χ0) is 19.0. The van der Waals surface area contributed by atoms with Gasteiger partial charge in [0, 0.05) is 30.2 Å². The van der Waals surface area contributed by atoms with Crippen LogP contribution in [0.2, 0.25) is 0 Å². The van der Waals surface area contributed by atoms with Gasteiger partial charge in [-0.3, -0.25) is 9.47 Å². The van der Waals surface area contributed by atoms with E-state index in [4.69, 9.17) is 17.0 Å². The number of morpholine rings is 1. The molecule has 2 saturated heterocycles. The first-order valence-corrected chi connectivity index (χ1v) is 10.1. The van der Waals surface area contributed by atoms with Crippen LogP contribution in [0.25, 0.3) is 6.08 Å². The van der Waals surface area contributed by atoms with E-state index in [2.05, 4.69) is 17.0 Å². The zero-order valence-corrected chi connectivity index (χ0v) is 17.0. The summed E-state index contributed by atoms with van der Waals surface area (Å²) in [5.41, 5.74) is 4.15. The molecule has 0 unspecified atom stereocenters. The molecule has 0 bridgehead atoms. The Hall–Kier alpha value is -2.09. The third-order valence-corrected chi connectivity index (χ3v) is 6.06. The number of rotatable bonds is 3.